The largest absolute Gasteiger partial charge is 0.355 e. The van der Waals surface area contributed by atoms with Crippen LogP contribution in [0, 0.1) is 5.82 Å². The van der Waals surface area contributed by atoms with Crippen molar-refractivity contribution in [1.82, 2.24) is 5.16 Å². The Morgan fingerprint density at radius 3 is 2.41 bits per heavy atom. The van der Waals surface area contributed by atoms with Crippen LogP contribution in [0.1, 0.15) is 23.8 Å². The van der Waals surface area contributed by atoms with Crippen molar-refractivity contribution < 1.29 is 22.1 Å². The van der Waals surface area contributed by atoms with Gasteiger partial charge in [-0.25, -0.2) is 12.8 Å². The smallest absolute Gasteiger partial charge is 0.277 e. The number of halogens is 1. The zero-order valence-electron chi connectivity index (χ0n) is 14.5. The zero-order valence-corrected chi connectivity index (χ0v) is 15.3. The van der Waals surface area contributed by atoms with Crippen LogP contribution in [0.3, 0.4) is 0 Å². The number of benzene rings is 2. The van der Waals surface area contributed by atoms with Gasteiger partial charge in [0.25, 0.3) is 5.91 Å². The molecule has 0 aliphatic heterocycles. The van der Waals surface area contributed by atoms with Gasteiger partial charge in [0.15, 0.2) is 21.3 Å². The Bertz CT molecular complexity index is 1040. The number of hydrogen-bond acceptors (Lipinski definition) is 5. The summed E-state index contributed by atoms with van der Waals surface area (Å²) in [6.45, 7) is 1.80. The molecule has 0 aliphatic rings. The SMILES string of the molecule is CCCS(=O)(=O)c1ccc(-c2cc(C(=O)Nc3ccc(F)cc3)no2)cc1. The maximum absolute atomic E-state index is 12.9. The third-order valence-corrected chi connectivity index (χ3v) is 5.75. The number of nitrogens with one attached hydrogen (secondary N) is 1. The van der Waals surface area contributed by atoms with Crippen LogP contribution in [-0.4, -0.2) is 25.2 Å². The fraction of sp³-hybridized carbons (Fsp3) is 0.158. The van der Waals surface area contributed by atoms with Crippen molar-refractivity contribution in [3.63, 3.8) is 0 Å². The van der Waals surface area contributed by atoms with E-state index < -0.39 is 21.6 Å². The van der Waals surface area contributed by atoms with Crippen LogP contribution in [0.4, 0.5) is 10.1 Å². The van der Waals surface area contributed by atoms with Crippen molar-refractivity contribution in [1.29, 1.82) is 0 Å². The van der Waals surface area contributed by atoms with E-state index in [1.807, 2.05) is 0 Å². The summed E-state index contributed by atoms with van der Waals surface area (Å²) in [5, 5.41) is 6.31. The molecule has 1 heterocycles. The van der Waals surface area contributed by atoms with Gasteiger partial charge in [-0.3, -0.25) is 4.79 Å². The highest BCUT2D eigenvalue weighted by Crippen LogP contribution is 2.23. The van der Waals surface area contributed by atoms with Crippen LogP contribution >= 0.6 is 0 Å². The van der Waals surface area contributed by atoms with Crippen LogP contribution in [0.15, 0.2) is 64.0 Å². The minimum absolute atomic E-state index is 0.0528. The highest BCUT2D eigenvalue weighted by Gasteiger charge is 2.16. The lowest BCUT2D eigenvalue weighted by molar-refractivity contribution is 0.101. The zero-order chi connectivity index (χ0) is 19.4. The molecule has 0 saturated carbocycles. The minimum atomic E-state index is -3.29. The number of aromatic nitrogens is 1. The first-order valence-corrected chi connectivity index (χ1v) is 9.91. The van der Waals surface area contributed by atoms with Gasteiger partial charge in [0.1, 0.15) is 5.82 Å². The van der Waals surface area contributed by atoms with E-state index in [1.165, 1.54) is 42.5 Å². The van der Waals surface area contributed by atoms with Crippen molar-refractivity contribution >= 4 is 21.4 Å². The fourth-order valence-electron chi connectivity index (χ4n) is 2.46. The van der Waals surface area contributed by atoms with Crippen molar-refractivity contribution in [2.75, 3.05) is 11.1 Å². The Hall–Kier alpha value is -3.00. The molecule has 0 saturated heterocycles. The van der Waals surface area contributed by atoms with Crippen LogP contribution in [0.5, 0.6) is 0 Å². The standard InChI is InChI=1S/C19H17FN2O4S/c1-2-11-27(24,25)16-9-3-13(4-10-16)18-12-17(22-26-18)19(23)21-15-7-5-14(20)6-8-15/h3-10,12H,2,11H2,1H3,(H,21,23). The molecule has 0 atom stereocenters. The van der Waals surface area contributed by atoms with Gasteiger partial charge >= 0.3 is 0 Å². The highest BCUT2D eigenvalue weighted by molar-refractivity contribution is 7.91. The minimum Gasteiger partial charge on any atom is -0.355 e. The lowest BCUT2D eigenvalue weighted by atomic mass is 10.1. The molecule has 0 aliphatic carbocycles. The molecule has 6 nitrogen and oxygen atoms in total. The van der Waals surface area contributed by atoms with E-state index in [1.54, 1.807) is 19.1 Å². The normalized spacial score (nSPS) is 11.3. The van der Waals surface area contributed by atoms with E-state index in [9.17, 15) is 17.6 Å². The van der Waals surface area contributed by atoms with Gasteiger partial charge in [0.2, 0.25) is 0 Å². The summed E-state index contributed by atoms with van der Waals surface area (Å²) in [6, 6.07) is 13.0. The van der Waals surface area contributed by atoms with Gasteiger partial charge in [0, 0.05) is 17.3 Å². The van der Waals surface area contributed by atoms with Crippen LogP contribution in [0.2, 0.25) is 0 Å². The average molecular weight is 388 g/mol. The average Bonchev–Trinajstić information content (AvgIpc) is 3.14. The Morgan fingerprint density at radius 2 is 1.78 bits per heavy atom. The monoisotopic (exact) mass is 388 g/mol. The number of sulfone groups is 1. The molecule has 1 aromatic heterocycles. The number of nitrogens with zero attached hydrogens (tertiary/aromatic N) is 1. The topological polar surface area (TPSA) is 89.3 Å². The first-order valence-electron chi connectivity index (χ1n) is 8.26. The first-order chi connectivity index (χ1) is 12.9. The predicted molar refractivity (Wildman–Crippen MR) is 98.6 cm³/mol. The maximum atomic E-state index is 12.9. The second kappa shape index (κ2) is 7.71. The molecule has 0 radical (unpaired) electrons. The number of anilines is 1. The fourth-order valence-corrected chi connectivity index (χ4v) is 3.78. The molecule has 0 bridgehead atoms. The Labute approximate surface area is 155 Å². The molecule has 3 rings (SSSR count). The number of carbonyl (C=O) groups is 1. The predicted octanol–water partition coefficient (Wildman–Crippen LogP) is 3.92. The lowest BCUT2D eigenvalue weighted by Crippen LogP contribution is -2.12. The molecule has 140 valence electrons. The first kappa shape index (κ1) is 18.8. The molecule has 3 aromatic rings. The second-order valence-electron chi connectivity index (χ2n) is 5.88. The summed E-state index contributed by atoms with van der Waals surface area (Å²) in [6.07, 6.45) is 0.540. The highest BCUT2D eigenvalue weighted by atomic mass is 32.2. The van der Waals surface area contributed by atoms with Crippen LogP contribution in [0.25, 0.3) is 11.3 Å². The van der Waals surface area contributed by atoms with Gasteiger partial charge in [-0.15, -0.1) is 0 Å². The number of rotatable bonds is 6. The lowest BCUT2D eigenvalue weighted by Gasteiger charge is -2.03. The van der Waals surface area contributed by atoms with Crippen molar-refractivity contribution in [3.8, 4) is 11.3 Å². The maximum Gasteiger partial charge on any atom is 0.277 e. The number of hydrogen-bond donors (Lipinski definition) is 1. The quantitative estimate of drug-likeness (QED) is 0.691. The van der Waals surface area contributed by atoms with Crippen LogP contribution < -0.4 is 5.32 Å². The van der Waals surface area contributed by atoms with E-state index in [0.29, 0.717) is 23.4 Å². The van der Waals surface area contributed by atoms with E-state index in [-0.39, 0.29) is 16.3 Å². The molecular formula is C19H17FN2O4S. The molecule has 2 aromatic carbocycles. The van der Waals surface area contributed by atoms with Crippen molar-refractivity contribution in [2.45, 2.75) is 18.2 Å². The van der Waals surface area contributed by atoms with Crippen molar-refractivity contribution in [2.24, 2.45) is 0 Å². The van der Waals surface area contributed by atoms with E-state index in [4.69, 9.17) is 4.52 Å². The summed E-state index contributed by atoms with van der Waals surface area (Å²) in [7, 11) is -3.29. The summed E-state index contributed by atoms with van der Waals surface area (Å²) in [5.41, 5.74) is 1.08. The number of carbonyl (C=O) groups excluding carboxylic acids is 1. The molecule has 0 fully saturated rings. The van der Waals surface area contributed by atoms with Gasteiger partial charge in [-0.1, -0.05) is 12.1 Å². The van der Waals surface area contributed by atoms with Gasteiger partial charge in [-0.2, -0.15) is 0 Å². The molecular weight excluding hydrogens is 371 g/mol. The van der Waals surface area contributed by atoms with E-state index in [0.717, 1.165) is 0 Å². The van der Waals surface area contributed by atoms with Crippen LogP contribution in [-0.2, 0) is 9.84 Å². The summed E-state index contributed by atoms with van der Waals surface area (Å²) < 4.78 is 42.2. The Morgan fingerprint density at radius 1 is 1.11 bits per heavy atom. The summed E-state index contributed by atoms with van der Waals surface area (Å²) in [4.78, 5) is 12.4. The molecule has 1 N–H and O–H groups in total. The Kier molecular flexibility index (Phi) is 5.36. The summed E-state index contributed by atoms with van der Waals surface area (Å²) in [5.74, 6) is -0.485. The molecule has 27 heavy (non-hydrogen) atoms. The van der Waals surface area contributed by atoms with E-state index in [2.05, 4.69) is 10.5 Å². The third-order valence-electron chi connectivity index (χ3n) is 3.82. The van der Waals surface area contributed by atoms with Gasteiger partial charge < -0.3 is 9.84 Å². The molecule has 8 heteroatoms. The molecule has 0 spiro atoms. The third kappa shape index (κ3) is 4.40. The van der Waals surface area contributed by atoms with E-state index >= 15 is 0 Å². The molecule has 1 amide bonds. The molecule has 0 unspecified atom stereocenters. The number of amides is 1. The van der Waals surface area contributed by atoms with Gasteiger partial charge in [-0.05, 0) is 55.0 Å². The summed E-state index contributed by atoms with van der Waals surface area (Å²) >= 11 is 0. The van der Waals surface area contributed by atoms with Gasteiger partial charge in [0.05, 0.1) is 10.6 Å². The Balaban J connectivity index is 1.75. The van der Waals surface area contributed by atoms with Crippen molar-refractivity contribution in [3.05, 3.63) is 66.1 Å². The second-order valence-corrected chi connectivity index (χ2v) is 7.99.